The zero-order valence-electron chi connectivity index (χ0n) is 14.0. The van der Waals surface area contributed by atoms with Gasteiger partial charge in [0.25, 0.3) is 11.8 Å². The van der Waals surface area contributed by atoms with E-state index in [-0.39, 0.29) is 23.8 Å². The first-order valence-electron chi connectivity index (χ1n) is 7.49. The van der Waals surface area contributed by atoms with Gasteiger partial charge in [-0.05, 0) is 42.2 Å². The maximum Gasteiger partial charge on any atom is 0.260 e. The van der Waals surface area contributed by atoms with Gasteiger partial charge in [-0.3, -0.25) is 9.59 Å². The van der Waals surface area contributed by atoms with Crippen molar-refractivity contribution < 1.29 is 14.3 Å². The molecule has 132 valence electrons. The standard InChI is InChI=1S/C18H19ClN2O3S/c1-21(10-12-3-6-14(25-2)7-4-12)17(22)11-24-16-8-5-13(19)9-15(16)18(20)23/h3-9H,10-11H2,1-2H3,(H2,20,23). The summed E-state index contributed by atoms with van der Waals surface area (Å²) in [5.41, 5.74) is 6.48. The number of halogens is 1. The predicted octanol–water partition coefficient (Wildman–Crippen LogP) is 3.20. The predicted molar refractivity (Wildman–Crippen MR) is 100 cm³/mol. The van der Waals surface area contributed by atoms with Gasteiger partial charge in [-0.2, -0.15) is 0 Å². The van der Waals surface area contributed by atoms with Crippen LogP contribution in [0.4, 0.5) is 0 Å². The number of hydrogen-bond donors (Lipinski definition) is 1. The van der Waals surface area contributed by atoms with E-state index in [9.17, 15) is 9.59 Å². The Balaban J connectivity index is 1.96. The zero-order chi connectivity index (χ0) is 18.4. The second-order valence-electron chi connectivity index (χ2n) is 5.39. The molecule has 0 radical (unpaired) electrons. The van der Waals surface area contributed by atoms with E-state index in [4.69, 9.17) is 22.1 Å². The number of hydrogen-bond acceptors (Lipinski definition) is 4. The SMILES string of the molecule is CSc1ccc(CN(C)C(=O)COc2ccc(Cl)cc2C(N)=O)cc1. The van der Waals surface area contributed by atoms with Crippen molar-refractivity contribution >= 4 is 35.2 Å². The normalized spacial score (nSPS) is 10.4. The first kappa shape index (κ1) is 19.1. The highest BCUT2D eigenvalue weighted by Crippen LogP contribution is 2.22. The fraction of sp³-hybridized carbons (Fsp3) is 0.222. The van der Waals surface area contributed by atoms with Crippen molar-refractivity contribution in [1.29, 1.82) is 0 Å². The van der Waals surface area contributed by atoms with Gasteiger partial charge in [0, 0.05) is 23.5 Å². The molecule has 2 aromatic carbocycles. The molecule has 2 rings (SSSR count). The Labute approximate surface area is 156 Å². The third kappa shape index (κ3) is 5.41. The Morgan fingerprint density at radius 3 is 2.48 bits per heavy atom. The van der Waals surface area contributed by atoms with E-state index in [2.05, 4.69) is 0 Å². The van der Waals surface area contributed by atoms with E-state index < -0.39 is 5.91 Å². The van der Waals surface area contributed by atoms with Crippen molar-refractivity contribution in [3.8, 4) is 5.75 Å². The number of carbonyl (C=O) groups is 2. The molecule has 25 heavy (non-hydrogen) atoms. The average Bonchev–Trinajstić information content (AvgIpc) is 2.60. The van der Waals surface area contributed by atoms with Gasteiger partial charge in [0.15, 0.2) is 6.61 Å². The van der Waals surface area contributed by atoms with Crippen molar-refractivity contribution in [2.45, 2.75) is 11.4 Å². The van der Waals surface area contributed by atoms with Crippen LogP contribution >= 0.6 is 23.4 Å². The minimum absolute atomic E-state index is 0.149. The van der Waals surface area contributed by atoms with Gasteiger partial charge >= 0.3 is 0 Å². The molecule has 2 amide bonds. The van der Waals surface area contributed by atoms with Crippen LogP contribution in [-0.2, 0) is 11.3 Å². The van der Waals surface area contributed by atoms with E-state index >= 15 is 0 Å². The number of ether oxygens (including phenoxy) is 1. The Morgan fingerprint density at radius 2 is 1.88 bits per heavy atom. The van der Waals surface area contributed by atoms with Crippen LogP contribution in [0.5, 0.6) is 5.75 Å². The van der Waals surface area contributed by atoms with Crippen molar-refractivity contribution in [3.63, 3.8) is 0 Å². The van der Waals surface area contributed by atoms with Crippen LogP contribution in [0.2, 0.25) is 5.02 Å². The molecule has 0 bridgehead atoms. The van der Waals surface area contributed by atoms with Gasteiger partial charge in [-0.1, -0.05) is 23.7 Å². The molecule has 0 saturated heterocycles. The summed E-state index contributed by atoms with van der Waals surface area (Å²) in [5.74, 6) is -0.630. The Hall–Kier alpha value is -2.18. The summed E-state index contributed by atoms with van der Waals surface area (Å²) in [6.45, 7) is 0.279. The molecule has 0 aliphatic heterocycles. The molecule has 0 spiro atoms. The minimum atomic E-state index is -0.660. The summed E-state index contributed by atoms with van der Waals surface area (Å²) in [7, 11) is 1.70. The molecule has 0 aliphatic rings. The highest BCUT2D eigenvalue weighted by molar-refractivity contribution is 7.98. The van der Waals surface area contributed by atoms with Gasteiger partial charge in [-0.25, -0.2) is 0 Å². The van der Waals surface area contributed by atoms with E-state index in [1.807, 2.05) is 30.5 Å². The summed E-state index contributed by atoms with van der Waals surface area (Å²) in [6.07, 6.45) is 2.01. The van der Waals surface area contributed by atoms with Crippen LogP contribution < -0.4 is 10.5 Å². The van der Waals surface area contributed by atoms with Gasteiger partial charge in [-0.15, -0.1) is 11.8 Å². The molecule has 2 aromatic rings. The lowest BCUT2D eigenvalue weighted by molar-refractivity contribution is -0.132. The zero-order valence-corrected chi connectivity index (χ0v) is 15.6. The molecular formula is C18H19ClN2O3S. The molecule has 0 aliphatic carbocycles. The van der Waals surface area contributed by atoms with Gasteiger partial charge in [0.05, 0.1) is 5.56 Å². The third-order valence-corrected chi connectivity index (χ3v) is 4.54. The lowest BCUT2D eigenvalue weighted by Gasteiger charge is -2.18. The topological polar surface area (TPSA) is 72.6 Å². The Bertz CT molecular complexity index is 765. The number of carbonyl (C=O) groups excluding carboxylic acids is 2. The van der Waals surface area contributed by atoms with Crippen LogP contribution in [0.25, 0.3) is 0 Å². The molecule has 0 heterocycles. The van der Waals surface area contributed by atoms with Gasteiger partial charge in [0.1, 0.15) is 5.75 Å². The average molecular weight is 379 g/mol. The lowest BCUT2D eigenvalue weighted by atomic mass is 10.2. The van der Waals surface area contributed by atoms with E-state index in [0.29, 0.717) is 11.6 Å². The van der Waals surface area contributed by atoms with Crippen LogP contribution in [-0.4, -0.2) is 36.6 Å². The summed E-state index contributed by atoms with van der Waals surface area (Å²) in [6, 6.07) is 12.5. The molecule has 0 unspecified atom stereocenters. The van der Waals surface area contributed by atoms with Crippen LogP contribution in [0.3, 0.4) is 0 Å². The number of rotatable bonds is 7. The summed E-state index contributed by atoms with van der Waals surface area (Å²) >= 11 is 7.51. The molecule has 0 atom stereocenters. The van der Waals surface area contributed by atoms with Gasteiger partial charge < -0.3 is 15.4 Å². The molecule has 7 heteroatoms. The number of thioether (sulfide) groups is 1. The third-order valence-electron chi connectivity index (χ3n) is 3.56. The first-order valence-corrected chi connectivity index (χ1v) is 9.10. The van der Waals surface area contributed by atoms with Crippen LogP contribution in [0.1, 0.15) is 15.9 Å². The minimum Gasteiger partial charge on any atom is -0.483 e. The number of benzene rings is 2. The molecule has 5 nitrogen and oxygen atoms in total. The number of nitrogens with zero attached hydrogens (tertiary/aromatic N) is 1. The highest BCUT2D eigenvalue weighted by Gasteiger charge is 2.14. The quantitative estimate of drug-likeness (QED) is 0.751. The first-order chi connectivity index (χ1) is 11.9. The molecule has 2 N–H and O–H groups in total. The van der Waals surface area contributed by atoms with Crippen molar-refractivity contribution in [1.82, 2.24) is 4.90 Å². The van der Waals surface area contributed by atoms with E-state index in [0.717, 1.165) is 5.56 Å². The van der Waals surface area contributed by atoms with Crippen molar-refractivity contribution in [3.05, 3.63) is 58.6 Å². The Morgan fingerprint density at radius 1 is 1.20 bits per heavy atom. The highest BCUT2D eigenvalue weighted by atomic mass is 35.5. The molecule has 0 saturated carbocycles. The largest absolute Gasteiger partial charge is 0.483 e. The monoisotopic (exact) mass is 378 g/mol. The van der Waals surface area contributed by atoms with Gasteiger partial charge in [0.2, 0.25) is 0 Å². The fourth-order valence-electron chi connectivity index (χ4n) is 2.16. The van der Waals surface area contributed by atoms with Crippen molar-refractivity contribution in [2.24, 2.45) is 5.73 Å². The second-order valence-corrected chi connectivity index (χ2v) is 6.71. The Kier molecular flexibility index (Phi) is 6.73. The maximum absolute atomic E-state index is 12.2. The summed E-state index contributed by atoms with van der Waals surface area (Å²) < 4.78 is 5.46. The number of nitrogens with two attached hydrogens (primary N) is 1. The summed E-state index contributed by atoms with van der Waals surface area (Å²) in [4.78, 5) is 26.4. The summed E-state index contributed by atoms with van der Waals surface area (Å²) in [5, 5.41) is 0.373. The van der Waals surface area contributed by atoms with Crippen molar-refractivity contribution in [2.75, 3.05) is 19.9 Å². The molecular weight excluding hydrogens is 360 g/mol. The van der Waals surface area contributed by atoms with E-state index in [1.165, 1.54) is 17.0 Å². The maximum atomic E-state index is 12.2. The molecule has 0 fully saturated rings. The molecule has 0 aromatic heterocycles. The van der Waals surface area contributed by atoms with Crippen LogP contribution in [0.15, 0.2) is 47.4 Å². The smallest absolute Gasteiger partial charge is 0.260 e. The lowest BCUT2D eigenvalue weighted by Crippen LogP contribution is -2.31. The number of likely N-dealkylation sites (N-methyl/N-ethyl adjacent to an activating group) is 1. The van der Waals surface area contributed by atoms with E-state index in [1.54, 1.807) is 29.8 Å². The number of primary amides is 1. The van der Waals surface area contributed by atoms with Crippen LogP contribution in [0, 0.1) is 0 Å². The number of amides is 2. The second kappa shape index (κ2) is 8.78. The fourth-order valence-corrected chi connectivity index (χ4v) is 2.74.